The monoisotopic (exact) mass is 1960 g/mol. The molecule has 0 amide bonds. The molecule has 0 saturated heterocycles. The van der Waals surface area contributed by atoms with E-state index in [-0.39, 0.29) is 6.67 Å². The van der Waals surface area contributed by atoms with Crippen molar-refractivity contribution in [3.63, 3.8) is 0 Å². The Bertz CT molecular complexity index is 6210. The summed E-state index contributed by atoms with van der Waals surface area (Å²) in [5, 5.41) is 37.8. The molecule has 10 aliphatic carbocycles. The fourth-order valence-electron chi connectivity index (χ4n) is 23.4. The summed E-state index contributed by atoms with van der Waals surface area (Å²) in [4.78, 5) is 82.7. The van der Waals surface area contributed by atoms with E-state index in [1.807, 2.05) is 94.1 Å². The predicted molar refractivity (Wildman–Crippen MR) is 570 cm³/mol. The number of fused-ring (bicyclic) bond motifs is 15. The second kappa shape index (κ2) is 46.3. The number of ether oxygens (including phenoxy) is 1. The van der Waals surface area contributed by atoms with Crippen molar-refractivity contribution in [3.8, 4) is 0 Å². The summed E-state index contributed by atoms with van der Waals surface area (Å²) < 4.78 is 17.7. The zero-order valence-electron chi connectivity index (χ0n) is 81.8. The average Bonchev–Trinajstić information content (AvgIpc) is 1.68. The number of carboxylic acids is 1. The highest BCUT2D eigenvalue weighted by atomic mass is 32.1. The molecule has 0 spiro atoms. The molecule has 732 valence electrons. The van der Waals surface area contributed by atoms with Crippen LogP contribution in [0.15, 0.2) is 110 Å². The lowest BCUT2D eigenvalue weighted by Gasteiger charge is -2.35. The molecule has 0 radical (unpaired) electrons. The van der Waals surface area contributed by atoms with Crippen molar-refractivity contribution < 1.29 is 19.0 Å². The third-order valence-corrected chi connectivity index (χ3v) is 37.3. The molecule has 138 heavy (non-hydrogen) atoms. The van der Waals surface area contributed by atoms with Crippen molar-refractivity contribution in [2.24, 2.45) is 0 Å². The van der Waals surface area contributed by atoms with Crippen molar-refractivity contribution in [2.75, 3.05) is 114 Å². The highest BCUT2D eigenvalue weighted by Gasteiger charge is 2.35. The van der Waals surface area contributed by atoms with Crippen LogP contribution >= 0.6 is 56.7 Å². The molecule has 10 aliphatic rings. The first-order valence-corrected chi connectivity index (χ1v) is 55.5. The average molecular weight is 1960 g/mol. The van der Waals surface area contributed by atoms with E-state index >= 15 is 0 Å². The zero-order valence-corrected chi connectivity index (χ0v) is 85.8. The predicted octanol–water partition coefficient (Wildman–Crippen LogP) is 22.3. The van der Waals surface area contributed by atoms with Gasteiger partial charge in [-0.15, -0.1) is 56.7 Å². The fraction of sp³-hybridized carbons (Fsp3) is 0.546. The highest BCUT2D eigenvalue weighted by Crippen LogP contribution is 2.47. The minimum absolute atomic E-state index is 0.253. The van der Waals surface area contributed by atoms with Gasteiger partial charge in [0.1, 0.15) is 85.2 Å². The van der Waals surface area contributed by atoms with Crippen LogP contribution in [0.3, 0.4) is 0 Å². The molecule has 0 aliphatic heterocycles. The van der Waals surface area contributed by atoms with Crippen LogP contribution in [-0.4, -0.2) is 228 Å². The SMILES string of the molecule is CN(C)C1CCC(Nc2nc(Nc3ccccc3)nc3sc4c(c23)CCC4)CC1.CN(CCF)C1CCC(Nc2ncnc3sc4c(c23)CCC4)CC1.CN(CCc1ccccc1)C1CCC(Nc2ncnc3sc4c(c23)CCC4)CC1.CN(Cc1cccc(C(=O)O)c1)C1CCC(Nc2ncnc3sc4c(c23)CCC4)CC1.COCCN(C)C1CCC(Nc2ncnc3sc4c(c23)CCC4)CC1. The largest absolute Gasteiger partial charge is 0.478 e. The van der Waals surface area contributed by atoms with Crippen LogP contribution in [0.5, 0.6) is 0 Å². The van der Waals surface area contributed by atoms with Crippen LogP contribution in [0, 0.1) is 0 Å². The number of hydrogen-bond acceptors (Lipinski definition) is 28. The lowest BCUT2D eigenvalue weighted by Crippen LogP contribution is -2.39. The number of hydrogen-bond donors (Lipinski definition) is 7. The van der Waals surface area contributed by atoms with Crippen molar-refractivity contribution in [3.05, 3.63) is 179 Å². The van der Waals surface area contributed by atoms with E-state index in [9.17, 15) is 14.3 Å². The van der Waals surface area contributed by atoms with Crippen LogP contribution in [0.2, 0.25) is 0 Å². The van der Waals surface area contributed by atoms with Crippen LogP contribution in [-0.2, 0) is 81.9 Å². The lowest BCUT2D eigenvalue weighted by molar-refractivity contribution is 0.0696. The molecule has 30 heteroatoms. The Labute approximate surface area is 833 Å². The number of anilines is 7. The number of alkyl halides is 1. The molecular weight excluding hydrogens is 1820 g/mol. The molecule has 5 saturated carbocycles. The number of methoxy groups -OCH3 is 1. The summed E-state index contributed by atoms with van der Waals surface area (Å²) >= 11 is 9.27. The molecule has 7 N–H and O–H groups in total. The Hall–Kier alpha value is -9.18. The highest BCUT2D eigenvalue weighted by molar-refractivity contribution is 7.20. The third-order valence-electron chi connectivity index (χ3n) is 31.3. The quantitative estimate of drug-likeness (QED) is 0.0240. The van der Waals surface area contributed by atoms with Gasteiger partial charge in [0.2, 0.25) is 5.95 Å². The summed E-state index contributed by atoms with van der Waals surface area (Å²) in [6.45, 7) is 4.05. The maximum absolute atomic E-state index is 12.5. The number of carboxylic acid groups (broad SMARTS) is 1. The number of carbonyl (C=O) groups is 1. The number of aromatic nitrogens is 10. The number of nitrogens with one attached hydrogen (secondary N) is 6. The van der Waals surface area contributed by atoms with Gasteiger partial charge in [-0.2, -0.15) is 4.98 Å². The molecule has 10 aromatic heterocycles. The van der Waals surface area contributed by atoms with Gasteiger partial charge < -0.3 is 61.3 Å². The Morgan fingerprint density at radius 1 is 0.377 bits per heavy atom. The molecule has 5 fully saturated rings. The second-order valence-electron chi connectivity index (χ2n) is 40.5. The van der Waals surface area contributed by atoms with Crippen molar-refractivity contribution >= 4 is 154 Å². The molecule has 3 aromatic carbocycles. The molecule has 24 nitrogen and oxygen atoms in total. The van der Waals surface area contributed by atoms with E-state index in [1.165, 1.54) is 244 Å². The van der Waals surface area contributed by atoms with E-state index < -0.39 is 5.97 Å². The number of rotatable bonds is 28. The summed E-state index contributed by atoms with van der Waals surface area (Å²) in [5.74, 6) is 5.04. The molecule has 13 aromatic rings. The van der Waals surface area contributed by atoms with E-state index in [0.717, 1.165) is 163 Å². The number of thiophene rings is 5. The molecule has 23 rings (SSSR count). The molecule has 0 unspecified atom stereocenters. The Morgan fingerprint density at radius 2 is 0.717 bits per heavy atom. The number of para-hydroxylation sites is 1. The number of halogens is 1. The standard InChI is InChI=1S/C24H28N4O2S.C24H30N4S.C23H29N5S.C19H28N4OS.C18H25FN4S/c1-28(13-15-4-2-5-16(12-15)24(29)30)18-10-8-17(9-11-18)27-22-21-19-6-3-7-20(19)31-23(21)26-14-25-22;1-28(15-14-17-6-3-2-4-7-17)19-12-10-18(11-13-19)27-23-22-20-8-5-9-21(20)29-24(22)26-16-25-23;1-28(2)17-13-11-16(12-14-17)24-21-20-18-9-6-10-19(18)29-22(20)27-23(26-21)25-15-7-4-3-5-8-15;1-23(10-11-24-2)14-8-6-13(7-9-14)22-18-17-15-4-3-5-16(15)25-19(17)21-12-20-18;1-23(10-9-19)13-7-5-12(6-8-13)22-17-16-14-3-2-4-15(14)24-18(16)21-11-20-17/h2,4-5,12,14,17-18H,3,6-11,13H2,1H3,(H,29,30)(H,25,26,27);2-4,6-7,16,18-19H,5,8-15H2,1H3,(H,25,26,27);3-5,7-8,16-17H,6,9-14H2,1-2H3,(H2,24,25,26,27);12-14H,3-11H2,1-2H3,(H,20,21,22);11-13H,2-10H2,1H3,(H,20,21,22). The minimum Gasteiger partial charge on any atom is -0.478 e. The topological polar surface area (TPSA) is 264 Å². The van der Waals surface area contributed by atoms with Gasteiger partial charge in [0.25, 0.3) is 0 Å². The first-order chi connectivity index (χ1) is 67.5. The van der Waals surface area contributed by atoms with E-state index in [4.69, 9.17) is 14.7 Å². The van der Waals surface area contributed by atoms with Crippen LogP contribution in [0.25, 0.3) is 51.1 Å². The number of likely N-dealkylation sites (N-methyl/N-ethyl adjacent to an activating group) is 2. The van der Waals surface area contributed by atoms with Gasteiger partial charge >= 0.3 is 5.97 Å². The number of nitrogens with zero attached hydrogens (tertiary/aromatic N) is 15. The maximum atomic E-state index is 12.5. The number of aromatic carboxylic acids is 1. The van der Waals surface area contributed by atoms with Crippen molar-refractivity contribution in [1.82, 2.24) is 74.3 Å². The van der Waals surface area contributed by atoms with E-state index in [0.29, 0.717) is 78.5 Å². The third kappa shape index (κ3) is 23.4. The smallest absolute Gasteiger partial charge is 0.335 e. The van der Waals surface area contributed by atoms with E-state index in [2.05, 4.69) is 174 Å². The summed E-state index contributed by atoms with van der Waals surface area (Å²) in [6, 6.07) is 33.9. The fourth-order valence-corrected chi connectivity index (χ4v) is 29.6. The van der Waals surface area contributed by atoms with E-state index in [1.54, 1.807) is 44.6 Å². The van der Waals surface area contributed by atoms with Gasteiger partial charge in [-0.05, 0) is 337 Å². The normalized spacial score (nSPS) is 22.1. The van der Waals surface area contributed by atoms with Crippen LogP contribution < -0.4 is 31.9 Å². The number of benzene rings is 3. The minimum atomic E-state index is -0.869. The van der Waals surface area contributed by atoms with Gasteiger partial charge in [-0.25, -0.2) is 54.0 Å². The summed E-state index contributed by atoms with van der Waals surface area (Å²) in [5.41, 5.74) is 11.3. The molecule has 0 bridgehead atoms. The van der Waals surface area contributed by atoms with Crippen molar-refractivity contribution in [2.45, 2.75) is 298 Å². The molecular formula is C108H140FN21O3S5. The Balaban J connectivity index is 0.000000111. The molecule has 10 heterocycles. The number of aryl methyl sites for hydroxylation is 10. The van der Waals surface area contributed by atoms with Gasteiger partial charge in [0.15, 0.2) is 0 Å². The van der Waals surface area contributed by atoms with Gasteiger partial charge in [-0.1, -0.05) is 60.7 Å². The second-order valence-corrected chi connectivity index (χ2v) is 45.9. The first-order valence-electron chi connectivity index (χ1n) is 51.4. The van der Waals surface area contributed by atoms with Crippen LogP contribution in [0.4, 0.5) is 45.1 Å². The summed E-state index contributed by atoms with van der Waals surface area (Å²) in [6.07, 6.45) is 49.9. The lowest BCUT2D eigenvalue weighted by atomic mass is 9.90. The van der Waals surface area contributed by atoms with Crippen molar-refractivity contribution in [1.29, 1.82) is 0 Å². The Kier molecular flexibility index (Phi) is 32.7. The van der Waals surface area contributed by atoms with Crippen LogP contribution in [0.1, 0.15) is 234 Å². The maximum Gasteiger partial charge on any atom is 0.335 e. The van der Waals surface area contributed by atoms with Gasteiger partial charge in [-0.3, -0.25) is 4.90 Å². The van der Waals surface area contributed by atoms with Gasteiger partial charge in [0, 0.05) is 124 Å². The summed E-state index contributed by atoms with van der Waals surface area (Å²) in [7, 11) is 14.9. The van der Waals surface area contributed by atoms with Gasteiger partial charge in [0.05, 0.1) is 39.1 Å². The molecule has 0 atom stereocenters. The zero-order chi connectivity index (χ0) is 94.5. The Morgan fingerprint density at radius 3 is 1.09 bits per heavy atom. The first kappa shape index (κ1) is 97.6.